The lowest BCUT2D eigenvalue weighted by Crippen LogP contribution is -2.52. The molecule has 2 saturated heterocycles. The molecule has 1 unspecified atom stereocenters. The molecule has 1 atom stereocenters. The minimum Gasteiger partial charge on any atom is -0.371 e. The van der Waals surface area contributed by atoms with Gasteiger partial charge in [0.05, 0.1) is 0 Å². The monoisotopic (exact) mass is 355 g/mol. The number of amides is 3. The molecule has 3 aliphatic rings. The van der Waals surface area contributed by atoms with E-state index in [9.17, 15) is 14.4 Å². The predicted molar refractivity (Wildman–Crippen MR) is 97.6 cm³/mol. The smallest absolute Gasteiger partial charge is 0.255 e. The lowest BCUT2D eigenvalue weighted by molar-refractivity contribution is -0.136. The highest BCUT2D eigenvalue weighted by atomic mass is 16.2. The van der Waals surface area contributed by atoms with Crippen molar-refractivity contribution in [1.29, 1.82) is 0 Å². The second-order valence-corrected chi connectivity index (χ2v) is 8.71. The second-order valence-electron chi connectivity index (χ2n) is 8.71. The summed E-state index contributed by atoms with van der Waals surface area (Å²) >= 11 is 0. The average molecular weight is 355 g/mol. The third-order valence-electron chi connectivity index (χ3n) is 5.98. The van der Waals surface area contributed by atoms with Crippen molar-refractivity contribution in [2.45, 2.75) is 46.2 Å². The Bertz CT molecular complexity index is 790. The number of hydrogen-bond donors (Lipinski definition) is 1. The number of nitrogens with one attached hydrogen (secondary N) is 1. The largest absolute Gasteiger partial charge is 0.371 e. The molecule has 1 N–H and O–H groups in total. The fourth-order valence-electron chi connectivity index (χ4n) is 3.98. The molecule has 3 heterocycles. The summed E-state index contributed by atoms with van der Waals surface area (Å²) in [5.41, 5.74) is 3.01. The van der Waals surface area contributed by atoms with Crippen LogP contribution in [0.2, 0.25) is 0 Å². The lowest BCUT2D eigenvalue weighted by atomic mass is 9.76. The molecule has 26 heavy (non-hydrogen) atoms. The number of carbonyl (C=O) groups excluding carboxylic acids is 3. The molecule has 0 spiro atoms. The zero-order chi connectivity index (χ0) is 18.6. The summed E-state index contributed by atoms with van der Waals surface area (Å²) in [6, 6.07) is 5.48. The van der Waals surface area contributed by atoms with Crippen molar-refractivity contribution in [2.24, 2.45) is 11.3 Å². The zero-order valence-corrected chi connectivity index (χ0v) is 15.5. The quantitative estimate of drug-likeness (QED) is 0.823. The Hall–Kier alpha value is -2.37. The van der Waals surface area contributed by atoms with Crippen LogP contribution < -0.4 is 10.2 Å². The summed E-state index contributed by atoms with van der Waals surface area (Å²) in [5, 5.41) is 2.34. The fourth-order valence-corrected chi connectivity index (χ4v) is 3.98. The van der Waals surface area contributed by atoms with Gasteiger partial charge in [-0.1, -0.05) is 26.8 Å². The third-order valence-corrected chi connectivity index (χ3v) is 5.98. The summed E-state index contributed by atoms with van der Waals surface area (Å²) < 4.78 is 0. The highest BCUT2D eigenvalue weighted by Gasteiger charge is 2.40. The molecular formula is C20H25N3O3. The lowest BCUT2D eigenvalue weighted by Gasteiger charge is -2.47. The number of piperidine rings is 1. The molecule has 0 saturated carbocycles. The predicted octanol–water partition coefficient (Wildman–Crippen LogP) is 1.93. The molecule has 6 nitrogen and oxygen atoms in total. The molecule has 0 aromatic heterocycles. The Morgan fingerprint density at radius 1 is 1.12 bits per heavy atom. The van der Waals surface area contributed by atoms with Crippen LogP contribution in [0.4, 0.5) is 5.69 Å². The van der Waals surface area contributed by atoms with Gasteiger partial charge in [-0.25, -0.2) is 0 Å². The molecule has 3 aliphatic heterocycles. The van der Waals surface area contributed by atoms with Crippen LogP contribution in [-0.4, -0.2) is 41.8 Å². The maximum absolute atomic E-state index is 12.9. The molecule has 138 valence electrons. The minimum atomic E-state index is -0.551. The molecule has 2 fully saturated rings. The van der Waals surface area contributed by atoms with Gasteiger partial charge >= 0.3 is 0 Å². The Morgan fingerprint density at radius 2 is 1.85 bits per heavy atom. The molecule has 4 rings (SSSR count). The normalized spacial score (nSPS) is 23.8. The van der Waals surface area contributed by atoms with Crippen LogP contribution in [0.25, 0.3) is 0 Å². The van der Waals surface area contributed by atoms with Crippen LogP contribution in [0.1, 0.15) is 49.5 Å². The first-order chi connectivity index (χ1) is 12.2. The molecule has 0 aliphatic carbocycles. The Morgan fingerprint density at radius 3 is 2.50 bits per heavy atom. The van der Waals surface area contributed by atoms with E-state index in [1.165, 1.54) is 0 Å². The second kappa shape index (κ2) is 5.83. The van der Waals surface area contributed by atoms with Gasteiger partial charge in [0.15, 0.2) is 0 Å². The van der Waals surface area contributed by atoms with E-state index < -0.39 is 6.04 Å². The van der Waals surface area contributed by atoms with Gasteiger partial charge in [0.25, 0.3) is 5.91 Å². The topological polar surface area (TPSA) is 69.7 Å². The van der Waals surface area contributed by atoms with Gasteiger partial charge in [-0.2, -0.15) is 0 Å². The van der Waals surface area contributed by atoms with Crippen LogP contribution >= 0.6 is 0 Å². The molecule has 3 amide bonds. The molecule has 0 radical (unpaired) electrons. The zero-order valence-electron chi connectivity index (χ0n) is 15.5. The number of benzene rings is 1. The van der Waals surface area contributed by atoms with Crippen molar-refractivity contribution < 1.29 is 14.4 Å². The van der Waals surface area contributed by atoms with E-state index in [1.54, 1.807) is 4.90 Å². The number of rotatable bonds is 2. The Labute approximate surface area is 153 Å². The van der Waals surface area contributed by atoms with Crippen molar-refractivity contribution in [3.05, 3.63) is 29.3 Å². The van der Waals surface area contributed by atoms with Crippen LogP contribution in [-0.2, 0) is 16.1 Å². The maximum atomic E-state index is 12.9. The van der Waals surface area contributed by atoms with Crippen molar-refractivity contribution >= 4 is 23.4 Å². The highest BCUT2D eigenvalue weighted by molar-refractivity contribution is 6.05. The summed E-state index contributed by atoms with van der Waals surface area (Å²) in [6.07, 6.45) is 0.681. The van der Waals surface area contributed by atoms with E-state index >= 15 is 0 Å². The van der Waals surface area contributed by atoms with Crippen LogP contribution in [0, 0.1) is 11.3 Å². The van der Waals surface area contributed by atoms with Crippen LogP contribution in [0.15, 0.2) is 18.2 Å². The summed E-state index contributed by atoms with van der Waals surface area (Å²) in [7, 11) is 0. The third kappa shape index (κ3) is 2.77. The van der Waals surface area contributed by atoms with Crippen molar-refractivity contribution in [3.8, 4) is 0 Å². The van der Waals surface area contributed by atoms with E-state index in [2.05, 4.69) is 37.1 Å². The van der Waals surface area contributed by atoms with Gasteiger partial charge in [0.1, 0.15) is 6.04 Å². The van der Waals surface area contributed by atoms with Crippen molar-refractivity contribution in [3.63, 3.8) is 0 Å². The van der Waals surface area contributed by atoms with E-state index in [0.717, 1.165) is 24.3 Å². The molecule has 0 bridgehead atoms. The van der Waals surface area contributed by atoms with E-state index in [0.29, 0.717) is 29.9 Å². The maximum Gasteiger partial charge on any atom is 0.255 e. The van der Waals surface area contributed by atoms with Gasteiger partial charge in [0.2, 0.25) is 11.8 Å². The van der Waals surface area contributed by atoms with Gasteiger partial charge in [0, 0.05) is 37.3 Å². The first-order valence-corrected chi connectivity index (χ1v) is 9.26. The van der Waals surface area contributed by atoms with Crippen LogP contribution in [0.3, 0.4) is 0 Å². The van der Waals surface area contributed by atoms with Gasteiger partial charge in [-0.3, -0.25) is 19.7 Å². The number of nitrogens with zero attached hydrogens (tertiary/aromatic N) is 2. The number of hydrogen-bond acceptors (Lipinski definition) is 4. The van der Waals surface area contributed by atoms with Crippen LogP contribution in [0.5, 0.6) is 0 Å². The summed E-state index contributed by atoms with van der Waals surface area (Å²) in [5.74, 6) is -0.0713. The number of anilines is 1. The fraction of sp³-hybridized carbons (Fsp3) is 0.550. The molecule has 1 aromatic rings. The van der Waals surface area contributed by atoms with Gasteiger partial charge < -0.3 is 9.80 Å². The molecule has 6 heteroatoms. The first kappa shape index (κ1) is 17.1. The highest BCUT2D eigenvalue weighted by Crippen LogP contribution is 2.38. The Balaban J connectivity index is 1.50. The molecular weight excluding hydrogens is 330 g/mol. The van der Waals surface area contributed by atoms with E-state index in [-0.39, 0.29) is 24.1 Å². The average Bonchev–Trinajstić information content (AvgIpc) is 2.81. The SMILES string of the molecule is CC(C)(C)C1CN(c2ccc3c(c2)C(=O)N(C2CCC(=O)NC2=O)C3)C1. The summed E-state index contributed by atoms with van der Waals surface area (Å²) in [6.45, 7) is 9.24. The number of carbonyl (C=O) groups is 3. The minimum absolute atomic E-state index is 0.107. The summed E-state index contributed by atoms with van der Waals surface area (Å²) in [4.78, 5) is 40.2. The van der Waals surface area contributed by atoms with E-state index in [4.69, 9.17) is 0 Å². The van der Waals surface area contributed by atoms with Crippen molar-refractivity contribution in [1.82, 2.24) is 10.2 Å². The standard InChI is InChI=1S/C20H25N3O3/c1-20(2,3)13-10-22(11-13)14-5-4-12-9-23(19(26)15(12)8-14)16-6-7-17(24)21-18(16)25/h4-5,8,13,16H,6-7,9-11H2,1-3H3,(H,21,24,25). The van der Waals surface area contributed by atoms with E-state index in [1.807, 2.05) is 12.1 Å². The van der Waals surface area contributed by atoms with Crippen molar-refractivity contribution in [2.75, 3.05) is 18.0 Å². The Kier molecular flexibility index (Phi) is 3.82. The number of fused-ring (bicyclic) bond motifs is 1. The van der Waals surface area contributed by atoms with Gasteiger partial charge in [-0.15, -0.1) is 0 Å². The molecule has 1 aromatic carbocycles. The first-order valence-electron chi connectivity index (χ1n) is 9.26. The van der Waals surface area contributed by atoms with Gasteiger partial charge in [-0.05, 0) is 35.4 Å². The number of imide groups is 1.